The van der Waals surface area contributed by atoms with E-state index in [0.29, 0.717) is 11.8 Å². The van der Waals surface area contributed by atoms with Gasteiger partial charge in [0.25, 0.3) is 0 Å². The third-order valence-electron chi connectivity index (χ3n) is 4.37. The number of rotatable bonds is 4. The van der Waals surface area contributed by atoms with Crippen LogP contribution in [0.2, 0.25) is 0 Å². The summed E-state index contributed by atoms with van der Waals surface area (Å²) in [6.07, 6.45) is 6.71. The van der Waals surface area contributed by atoms with E-state index >= 15 is 0 Å². The fourth-order valence-corrected chi connectivity index (χ4v) is 3.94. The number of carboxylic acid groups (broad SMARTS) is 1. The minimum atomic E-state index is -0.677. The molecule has 2 aliphatic rings. The molecule has 2 N–H and O–H groups in total. The van der Waals surface area contributed by atoms with Crippen molar-refractivity contribution in [2.24, 2.45) is 17.8 Å². The summed E-state index contributed by atoms with van der Waals surface area (Å²) in [4.78, 5) is 19.8. The third-order valence-corrected chi connectivity index (χ3v) is 5.01. The second-order valence-corrected chi connectivity index (χ2v) is 6.14. The van der Waals surface area contributed by atoms with Crippen LogP contribution in [0.1, 0.15) is 19.3 Å². The van der Waals surface area contributed by atoms with E-state index in [4.69, 9.17) is 0 Å². The highest BCUT2D eigenvalue weighted by molar-refractivity contribution is 7.98. The number of aromatic nitrogens is 2. The lowest BCUT2D eigenvalue weighted by Gasteiger charge is -2.29. The molecule has 5 nitrogen and oxygen atoms in total. The highest BCUT2D eigenvalue weighted by Crippen LogP contribution is 2.49. The van der Waals surface area contributed by atoms with Gasteiger partial charge in [-0.3, -0.25) is 4.79 Å². The summed E-state index contributed by atoms with van der Waals surface area (Å²) in [5.74, 6) is 0.596. The Labute approximate surface area is 116 Å². The molecule has 6 heteroatoms. The first kappa shape index (κ1) is 12.7. The Kier molecular flexibility index (Phi) is 3.35. The topological polar surface area (TPSA) is 75.1 Å². The zero-order valence-electron chi connectivity index (χ0n) is 10.7. The summed E-state index contributed by atoms with van der Waals surface area (Å²) in [5.41, 5.74) is 0. The summed E-state index contributed by atoms with van der Waals surface area (Å²) in [6.45, 7) is 0. The van der Waals surface area contributed by atoms with Crippen molar-refractivity contribution in [2.45, 2.75) is 30.3 Å². The number of anilines is 1. The van der Waals surface area contributed by atoms with Gasteiger partial charge in [0, 0.05) is 12.1 Å². The molecule has 102 valence electrons. The summed E-state index contributed by atoms with van der Waals surface area (Å²) in [6, 6.07) is 1.90. The lowest BCUT2D eigenvalue weighted by Crippen LogP contribution is -2.39. The first-order valence-corrected chi connectivity index (χ1v) is 7.77. The Balaban J connectivity index is 1.79. The quantitative estimate of drug-likeness (QED) is 0.649. The summed E-state index contributed by atoms with van der Waals surface area (Å²) >= 11 is 1.56. The van der Waals surface area contributed by atoms with Crippen molar-refractivity contribution in [3.05, 3.63) is 12.4 Å². The molecule has 19 heavy (non-hydrogen) atoms. The fourth-order valence-electron chi connectivity index (χ4n) is 3.56. The normalized spacial score (nSPS) is 32.5. The Morgan fingerprint density at radius 1 is 1.42 bits per heavy atom. The molecule has 4 atom stereocenters. The van der Waals surface area contributed by atoms with Crippen molar-refractivity contribution >= 4 is 23.5 Å². The number of aliphatic carboxylic acids is 1. The van der Waals surface area contributed by atoms with E-state index < -0.39 is 5.97 Å². The second-order valence-electron chi connectivity index (χ2n) is 5.31. The van der Waals surface area contributed by atoms with Crippen LogP contribution in [0.3, 0.4) is 0 Å². The Morgan fingerprint density at radius 2 is 2.21 bits per heavy atom. The lowest BCUT2D eigenvalue weighted by atomic mass is 9.84. The van der Waals surface area contributed by atoms with E-state index in [0.717, 1.165) is 30.1 Å². The van der Waals surface area contributed by atoms with Gasteiger partial charge in [-0.25, -0.2) is 9.97 Å². The van der Waals surface area contributed by atoms with Gasteiger partial charge in [-0.05, 0) is 37.4 Å². The molecule has 0 aliphatic heterocycles. The minimum Gasteiger partial charge on any atom is -0.481 e. The first-order chi connectivity index (χ1) is 9.19. The van der Waals surface area contributed by atoms with Crippen LogP contribution < -0.4 is 5.32 Å². The van der Waals surface area contributed by atoms with Gasteiger partial charge in [0.1, 0.15) is 17.2 Å². The Morgan fingerprint density at radius 3 is 2.95 bits per heavy atom. The highest BCUT2D eigenvalue weighted by atomic mass is 32.2. The number of nitrogens with one attached hydrogen (secondary N) is 1. The number of hydrogen-bond acceptors (Lipinski definition) is 5. The van der Waals surface area contributed by atoms with E-state index in [1.807, 2.05) is 12.3 Å². The number of carbonyl (C=O) groups is 1. The molecule has 1 aromatic rings. The van der Waals surface area contributed by atoms with Crippen molar-refractivity contribution in [2.75, 3.05) is 11.6 Å². The standard InChI is InChI=1S/C13H17N3O2S/c1-19-10-5-9(14-6-15-10)16-12-8-3-2-7(4-8)11(12)13(17)18/h5-8,11-12H,2-4H2,1H3,(H,17,18)(H,14,15,16). The smallest absolute Gasteiger partial charge is 0.308 e. The number of fused-ring (bicyclic) bond motifs is 2. The fraction of sp³-hybridized carbons (Fsp3) is 0.615. The maximum atomic E-state index is 11.4. The maximum absolute atomic E-state index is 11.4. The maximum Gasteiger partial charge on any atom is 0.308 e. The molecule has 2 aliphatic carbocycles. The monoisotopic (exact) mass is 279 g/mol. The summed E-state index contributed by atoms with van der Waals surface area (Å²) in [7, 11) is 0. The van der Waals surface area contributed by atoms with Crippen molar-refractivity contribution in [1.82, 2.24) is 9.97 Å². The molecule has 2 saturated carbocycles. The van der Waals surface area contributed by atoms with Gasteiger partial charge >= 0.3 is 5.97 Å². The zero-order valence-corrected chi connectivity index (χ0v) is 11.6. The van der Waals surface area contributed by atoms with Crippen LogP contribution in [0.4, 0.5) is 5.82 Å². The molecule has 1 aromatic heterocycles. The van der Waals surface area contributed by atoms with Crippen LogP contribution in [-0.2, 0) is 4.79 Å². The van der Waals surface area contributed by atoms with Crippen LogP contribution in [0.25, 0.3) is 0 Å². The van der Waals surface area contributed by atoms with E-state index in [-0.39, 0.29) is 12.0 Å². The van der Waals surface area contributed by atoms with Gasteiger partial charge in [-0.2, -0.15) is 0 Å². The van der Waals surface area contributed by atoms with Gasteiger partial charge in [0.05, 0.1) is 5.92 Å². The summed E-state index contributed by atoms with van der Waals surface area (Å²) < 4.78 is 0. The highest BCUT2D eigenvalue weighted by Gasteiger charge is 2.51. The van der Waals surface area contributed by atoms with Gasteiger partial charge < -0.3 is 10.4 Å². The van der Waals surface area contributed by atoms with Gasteiger partial charge in [0.15, 0.2) is 0 Å². The molecule has 2 fully saturated rings. The number of nitrogens with zero attached hydrogens (tertiary/aromatic N) is 2. The van der Waals surface area contributed by atoms with Crippen LogP contribution in [-0.4, -0.2) is 33.3 Å². The molecule has 3 rings (SSSR count). The molecule has 1 heterocycles. The molecule has 0 saturated heterocycles. The van der Waals surface area contributed by atoms with Crippen LogP contribution in [0.15, 0.2) is 17.4 Å². The molecule has 2 bridgehead atoms. The SMILES string of the molecule is CSc1cc(NC2C3CCC(C3)C2C(=O)O)ncn1. The zero-order chi connectivity index (χ0) is 13.4. The largest absolute Gasteiger partial charge is 0.481 e. The van der Waals surface area contributed by atoms with Gasteiger partial charge in [0.2, 0.25) is 0 Å². The predicted octanol–water partition coefficient (Wildman–Crippen LogP) is 2.11. The molecule has 0 amide bonds. The average molecular weight is 279 g/mol. The number of carboxylic acids is 1. The molecular weight excluding hydrogens is 262 g/mol. The first-order valence-electron chi connectivity index (χ1n) is 6.54. The Bertz CT molecular complexity index is 497. The van der Waals surface area contributed by atoms with Crippen molar-refractivity contribution < 1.29 is 9.90 Å². The number of thioether (sulfide) groups is 1. The predicted molar refractivity (Wildman–Crippen MR) is 73.2 cm³/mol. The average Bonchev–Trinajstić information content (AvgIpc) is 2.99. The van der Waals surface area contributed by atoms with Gasteiger partial charge in [-0.15, -0.1) is 11.8 Å². The van der Waals surface area contributed by atoms with E-state index in [1.54, 1.807) is 11.8 Å². The van der Waals surface area contributed by atoms with Crippen molar-refractivity contribution in [1.29, 1.82) is 0 Å². The van der Waals surface area contributed by atoms with E-state index in [1.165, 1.54) is 6.33 Å². The van der Waals surface area contributed by atoms with Crippen molar-refractivity contribution in [3.63, 3.8) is 0 Å². The van der Waals surface area contributed by atoms with Gasteiger partial charge in [-0.1, -0.05) is 0 Å². The van der Waals surface area contributed by atoms with E-state index in [2.05, 4.69) is 15.3 Å². The molecule has 0 radical (unpaired) electrons. The minimum absolute atomic E-state index is 0.0147. The van der Waals surface area contributed by atoms with Crippen LogP contribution >= 0.6 is 11.8 Å². The lowest BCUT2D eigenvalue weighted by molar-refractivity contribution is -0.143. The van der Waals surface area contributed by atoms with Crippen LogP contribution in [0, 0.1) is 17.8 Å². The second kappa shape index (κ2) is 5.00. The molecular formula is C13H17N3O2S. The van der Waals surface area contributed by atoms with Crippen molar-refractivity contribution in [3.8, 4) is 0 Å². The Hall–Kier alpha value is -1.30. The third kappa shape index (κ3) is 2.29. The molecule has 4 unspecified atom stereocenters. The molecule has 0 spiro atoms. The van der Waals surface area contributed by atoms with E-state index in [9.17, 15) is 9.90 Å². The summed E-state index contributed by atoms with van der Waals surface area (Å²) in [5, 5.41) is 13.6. The molecule has 0 aromatic carbocycles. The van der Waals surface area contributed by atoms with Crippen LogP contribution in [0.5, 0.6) is 0 Å². The number of hydrogen-bond donors (Lipinski definition) is 2.